The Morgan fingerprint density at radius 3 is 2.35 bits per heavy atom. The van der Waals surface area contributed by atoms with Crippen LogP contribution in [0.1, 0.15) is 30.8 Å². The topological polar surface area (TPSA) is 59.4 Å². The van der Waals surface area contributed by atoms with Crippen molar-refractivity contribution < 1.29 is 0 Å². The average Bonchev–Trinajstić information content (AvgIpc) is 2.82. The van der Waals surface area contributed by atoms with Gasteiger partial charge in [0.15, 0.2) is 5.96 Å². The van der Waals surface area contributed by atoms with Gasteiger partial charge in [-0.2, -0.15) is 5.10 Å². The summed E-state index contributed by atoms with van der Waals surface area (Å²) in [5.41, 5.74) is 10.4. The Hall–Kier alpha value is -1.57. The van der Waals surface area contributed by atoms with Gasteiger partial charge in [0.25, 0.3) is 0 Å². The van der Waals surface area contributed by atoms with E-state index in [4.69, 9.17) is 5.73 Å². The summed E-state index contributed by atoms with van der Waals surface area (Å²) < 4.78 is 1.97. The third kappa shape index (κ3) is 4.46. The van der Waals surface area contributed by atoms with Crippen LogP contribution >= 0.6 is 24.0 Å². The van der Waals surface area contributed by atoms with Crippen LogP contribution in [0.25, 0.3) is 5.69 Å². The highest BCUT2D eigenvalue weighted by Gasteiger charge is 2.12. The molecule has 0 aliphatic rings. The molecule has 2 N–H and O–H groups in total. The van der Waals surface area contributed by atoms with Gasteiger partial charge in [0.2, 0.25) is 0 Å². The number of aryl methyl sites for hydroxylation is 1. The standard InChI is InChI=1S/C17H25N5.HI/c1-5-21(6-2)17(18)19-12-16-13(3)20-22(14(16)4)15-10-8-7-9-11-15;/h7-11H,5-6,12H2,1-4H3,(H2,18,19);1H. The predicted molar refractivity (Wildman–Crippen MR) is 107 cm³/mol. The van der Waals surface area contributed by atoms with E-state index in [-0.39, 0.29) is 24.0 Å². The first-order valence-electron chi connectivity index (χ1n) is 7.73. The summed E-state index contributed by atoms with van der Waals surface area (Å²) in [5.74, 6) is 0.594. The molecule has 0 radical (unpaired) electrons. The molecule has 0 unspecified atom stereocenters. The summed E-state index contributed by atoms with van der Waals surface area (Å²) in [6, 6.07) is 10.1. The second-order valence-corrected chi connectivity index (χ2v) is 5.24. The van der Waals surface area contributed by atoms with Crippen molar-refractivity contribution in [3.05, 3.63) is 47.3 Å². The van der Waals surface area contributed by atoms with Gasteiger partial charge in [0, 0.05) is 24.3 Å². The fourth-order valence-electron chi connectivity index (χ4n) is 2.53. The molecular formula is C17H26IN5. The Morgan fingerprint density at radius 1 is 1.17 bits per heavy atom. The van der Waals surface area contributed by atoms with E-state index < -0.39 is 0 Å². The smallest absolute Gasteiger partial charge is 0.191 e. The molecule has 0 atom stereocenters. The average molecular weight is 427 g/mol. The van der Waals surface area contributed by atoms with Crippen molar-refractivity contribution in [3.8, 4) is 5.69 Å². The Morgan fingerprint density at radius 2 is 1.78 bits per heavy atom. The van der Waals surface area contributed by atoms with Crippen LogP contribution in [0.3, 0.4) is 0 Å². The lowest BCUT2D eigenvalue weighted by Crippen LogP contribution is -2.37. The minimum atomic E-state index is 0. The van der Waals surface area contributed by atoms with Crippen LogP contribution in [-0.4, -0.2) is 33.7 Å². The molecule has 0 spiro atoms. The number of hydrogen-bond donors (Lipinski definition) is 1. The van der Waals surface area contributed by atoms with Gasteiger partial charge in [-0.15, -0.1) is 24.0 Å². The summed E-state index contributed by atoms with van der Waals surface area (Å²) in [6.07, 6.45) is 0. The van der Waals surface area contributed by atoms with Crippen molar-refractivity contribution in [2.75, 3.05) is 13.1 Å². The largest absolute Gasteiger partial charge is 0.370 e. The number of nitrogens with two attached hydrogens (primary N) is 1. The summed E-state index contributed by atoms with van der Waals surface area (Å²) in [5, 5.41) is 4.64. The third-order valence-corrected chi connectivity index (χ3v) is 3.93. The van der Waals surface area contributed by atoms with Crippen LogP contribution in [0, 0.1) is 13.8 Å². The molecule has 0 aliphatic carbocycles. The minimum absolute atomic E-state index is 0. The highest BCUT2D eigenvalue weighted by molar-refractivity contribution is 14.0. The zero-order valence-electron chi connectivity index (χ0n) is 14.3. The number of rotatable bonds is 5. The molecule has 0 amide bonds. The van der Waals surface area contributed by atoms with Crippen LogP contribution in [-0.2, 0) is 6.54 Å². The second-order valence-electron chi connectivity index (χ2n) is 5.24. The number of hydrogen-bond acceptors (Lipinski definition) is 2. The Bertz CT molecular complexity index is 645. The minimum Gasteiger partial charge on any atom is -0.370 e. The predicted octanol–water partition coefficient (Wildman–Crippen LogP) is 3.26. The monoisotopic (exact) mass is 427 g/mol. The summed E-state index contributed by atoms with van der Waals surface area (Å²) in [6.45, 7) is 10.6. The first kappa shape index (κ1) is 19.5. The molecule has 0 fully saturated rings. The van der Waals surface area contributed by atoms with Gasteiger partial charge in [0.05, 0.1) is 17.9 Å². The first-order chi connectivity index (χ1) is 10.6. The van der Waals surface area contributed by atoms with Gasteiger partial charge in [-0.3, -0.25) is 0 Å². The summed E-state index contributed by atoms with van der Waals surface area (Å²) >= 11 is 0. The van der Waals surface area contributed by atoms with E-state index in [0.29, 0.717) is 12.5 Å². The lowest BCUT2D eigenvalue weighted by Gasteiger charge is -2.19. The third-order valence-electron chi connectivity index (χ3n) is 3.93. The summed E-state index contributed by atoms with van der Waals surface area (Å²) in [4.78, 5) is 6.58. The highest BCUT2D eigenvalue weighted by atomic mass is 127. The molecule has 0 saturated carbocycles. The van der Waals surface area contributed by atoms with E-state index in [1.54, 1.807) is 0 Å². The molecular weight excluding hydrogens is 401 g/mol. The maximum Gasteiger partial charge on any atom is 0.191 e. The van der Waals surface area contributed by atoms with Crippen molar-refractivity contribution in [2.45, 2.75) is 34.2 Å². The highest BCUT2D eigenvalue weighted by Crippen LogP contribution is 2.18. The van der Waals surface area contributed by atoms with Gasteiger partial charge < -0.3 is 10.6 Å². The lowest BCUT2D eigenvalue weighted by atomic mass is 10.2. The van der Waals surface area contributed by atoms with E-state index in [1.807, 2.05) is 34.7 Å². The number of guanidine groups is 1. The summed E-state index contributed by atoms with van der Waals surface area (Å²) in [7, 11) is 0. The number of benzene rings is 1. The van der Waals surface area contributed by atoms with Crippen LogP contribution < -0.4 is 5.73 Å². The van der Waals surface area contributed by atoms with Gasteiger partial charge >= 0.3 is 0 Å². The van der Waals surface area contributed by atoms with Crippen molar-refractivity contribution in [2.24, 2.45) is 10.7 Å². The molecule has 1 heterocycles. The van der Waals surface area contributed by atoms with Crippen molar-refractivity contribution >= 4 is 29.9 Å². The molecule has 0 bridgehead atoms. The van der Waals surface area contributed by atoms with Crippen molar-refractivity contribution in [1.82, 2.24) is 14.7 Å². The molecule has 2 aromatic rings. The Labute approximate surface area is 155 Å². The molecule has 0 aliphatic heterocycles. The number of halogens is 1. The van der Waals surface area contributed by atoms with Gasteiger partial charge in [-0.05, 0) is 39.8 Å². The normalized spacial score (nSPS) is 11.2. The van der Waals surface area contributed by atoms with Crippen molar-refractivity contribution in [3.63, 3.8) is 0 Å². The van der Waals surface area contributed by atoms with Gasteiger partial charge in [0.1, 0.15) is 0 Å². The quantitative estimate of drug-likeness (QED) is 0.453. The van der Waals surface area contributed by atoms with E-state index in [9.17, 15) is 0 Å². The van der Waals surface area contributed by atoms with Crippen LogP contribution in [0.15, 0.2) is 35.3 Å². The van der Waals surface area contributed by atoms with E-state index >= 15 is 0 Å². The molecule has 126 valence electrons. The lowest BCUT2D eigenvalue weighted by molar-refractivity contribution is 0.458. The first-order valence-corrected chi connectivity index (χ1v) is 7.73. The molecule has 6 heteroatoms. The van der Waals surface area contributed by atoms with Gasteiger partial charge in [-0.1, -0.05) is 18.2 Å². The molecule has 5 nitrogen and oxygen atoms in total. The maximum atomic E-state index is 6.05. The van der Waals surface area contributed by atoms with Crippen molar-refractivity contribution in [1.29, 1.82) is 0 Å². The fourth-order valence-corrected chi connectivity index (χ4v) is 2.53. The zero-order chi connectivity index (χ0) is 16.1. The number of para-hydroxylation sites is 1. The molecule has 23 heavy (non-hydrogen) atoms. The van der Waals surface area contributed by atoms with E-state index in [0.717, 1.165) is 35.7 Å². The van der Waals surface area contributed by atoms with E-state index in [1.165, 1.54) is 0 Å². The number of aromatic nitrogens is 2. The zero-order valence-corrected chi connectivity index (χ0v) is 16.6. The fraction of sp³-hybridized carbons (Fsp3) is 0.412. The van der Waals surface area contributed by atoms with E-state index in [2.05, 4.69) is 43.0 Å². The van der Waals surface area contributed by atoms with Crippen LogP contribution in [0.5, 0.6) is 0 Å². The maximum absolute atomic E-state index is 6.05. The SMILES string of the molecule is CCN(CC)C(N)=NCc1c(C)nn(-c2ccccc2)c1C.I. The van der Waals surface area contributed by atoms with Gasteiger partial charge in [-0.25, -0.2) is 9.67 Å². The molecule has 0 saturated heterocycles. The molecule has 1 aromatic carbocycles. The number of aliphatic imine (C=N–C) groups is 1. The Kier molecular flexibility index (Phi) is 7.54. The number of nitrogens with zero attached hydrogens (tertiary/aromatic N) is 4. The van der Waals surface area contributed by atoms with Crippen LogP contribution in [0.4, 0.5) is 0 Å². The molecule has 1 aromatic heterocycles. The second kappa shape index (κ2) is 8.90. The Balaban J connectivity index is 0.00000264. The molecule has 2 rings (SSSR count). The van der Waals surface area contributed by atoms with Crippen LogP contribution in [0.2, 0.25) is 0 Å².